The van der Waals surface area contributed by atoms with Crippen molar-refractivity contribution in [2.24, 2.45) is 0 Å². The zero-order chi connectivity index (χ0) is 7.56. The minimum Gasteiger partial charge on any atom is -0.398 e. The van der Waals surface area contributed by atoms with Crippen LogP contribution in [0.15, 0.2) is 12.3 Å². The molecule has 0 aliphatic heterocycles. The van der Waals surface area contributed by atoms with Gasteiger partial charge in [-0.3, -0.25) is 0 Å². The number of pyridine rings is 1. The predicted molar refractivity (Wildman–Crippen MR) is 43.2 cm³/mol. The minimum absolute atomic E-state index is 0.304. The van der Waals surface area contributed by atoms with Gasteiger partial charge in [0.05, 0.1) is 5.88 Å². The zero-order valence-electron chi connectivity index (χ0n) is 5.14. The second kappa shape index (κ2) is 3.08. The second-order valence-corrected chi connectivity index (χ2v) is 2.43. The molecule has 0 saturated heterocycles. The highest BCUT2D eigenvalue weighted by Crippen LogP contribution is 2.20. The molecular weight excluding hydrogens is 171 g/mol. The highest BCUT2D eigenvalue weighted by atomic mass is 35.5. The van der Waals surface area contributed by atoms with Crippen molar-refractivity contribution in [1.29, 1.82) is 0 Å². The van der Waals surface area contributed by atoms with Crippen LogP contribution in [0.25, 0.3) is 0 Å². The van der Waals surface area contributed by atoms with Crippen LogP contribution in [-0.4, -0.2) is 4.98 Å². The number of anilines is 1. The van der Waals surface area contributed by atoms with Gasteiger partial charge >= 0.3 is 0 Å². The first-order chi connectivity index (χ1) is 4.75. The fourth-order valence-corrected chi connectivity index (χ4v) is 1.19. The lowest BCUT2D eigenvalue weighted by Crippen LogP contribution is -1.93. The Morgan fingerprint density at radius 2 is 2.30 bits per heavy atom. The van der Waals surface area contributed by atoms with Gasteiger partial charge in [0.1, 0.15) is 5.15 Å². The van der Waals surface area contributed by atoms with Crippen molar-refractivity contribution in [1.82, 2.24) is 4.98 Å². The quantitative estimate of drug-likeness (QED) is 0.526. The number of halogens is 2. The number of nitrogen functional groups attached to an aromatic ring is 1. The molecule has 0 aliphatic rings. The largest absolute Gasteiger partial charge is 0.398 e. The van der Waals surface area contributed by atoms with E-state index in [4.69, 9.17) is 28.9 Å². The third-order valence-electron chi connectivity index (χ3n) is 1.17. The van der Waals surface area contributed by atoms with Gasteiger partial charge in [0, 0.05) is 17.4 Å². The summed E-state index contributed by atoms with van der Waals surface area (Å²) < 4.78 is 0. The molecule has 1 aromatic heterocycles. The third-order valence-corrected chi connectivity index (χ3v) is 1.77. The van der Waals surface area contributed by atoms with Crippen LogP contribution in [0.2, 0.25) is 5.15 Å². The van der Waals surface area contributed by atoms with E-state index in [1.54, 1.807) is 12.3 Å². The summed E-state index contributed by atoms with van der Waals surface area (Å²) in [5.74, 6) is 0.304. The molecule has 0 amide bonds. The van der Waals surface area contributed by atoms with Crippen LogP contribution in [0.1, 0.15) is 5.56 Å². The molecule has 0 aliphatic carbocycles. The van der Waals surface area contributed by atoms with E-state index in [0.717, 1.165) is 0 Å². The molecule has 0 radical (unpaired) electrons. The molecular formula is C6H6Cl2N2. The topological polar surface area (TPSA) is 38.9 Å². The van der Waals surface area contributed by atoms with Crippen LogP contribution in [0.3, 0.4) is 0 Å². The van der Waals surface area contributed by atoms with E-state index in [9.17, 15) is 0 Å². The van der Waals surface area contributed by atoms with Gasteiger partial charge in [0.15, 0.2) is 0 Å². The zero-order valence-corrected chi connectivity index (χ0v) is 6.65. The van der Waals surface area contributed by atoms with Crippen LogP contribution in [0, 0.1) is 0 Å². The van der Waals surface area contributed by atoms with E-state index < -0.39 is 0 Å². The molecule has 4 heteroatoms. The van der Waals surface area contributed by atoms with Crippen LogP contribution >= 0.6 is 23.2 Å². The van der Waals surface area contributed by atoms with Crippen molar-refractivity contribution >= 4 is 28.9 Å². The number of nitrogens with zero attached hydrogens (tertiary/aromatic N) is 1. The first-order valence-electron chi connectivity index (χ1n) is 2.70. The molecule has 1 heterocycles. The molecule has 0 bridgehead atoms. The molecule has 0 aromatic carbocycles. The summed E-state index contributed by atoms with van der Waals surface area (Å²) in [5.41, 5.74) is 6.82. The van der Waals surface area contributed by atoms with Crippen LogP contribution < -0.4 is 5.73 Å². The monoisotopic (exact) mass is 176 g/mol. The average molecular weight is 177 g/mol. The minimum atomic E-state index is 0.304. The van der Waals surface area contributed by atoms with Gasteiger partial charge in [0.25, 0.3) is 0 Å². The Labute approximate surface area is 69.0 Å². The van der Waals surface area contributed by atoms with Crippen LogP contribution in [0.5, 0.6) is 0 Å². The summed E-state index contributed by atoms with van der Waals surface area (Å²) in [6.07, 6.45) is 1.55. The number of nitrogens with two attached hydrogens (primary N) is 1. The van der Waals surface area contributed by atoms with Crippen LogP contribution in [0.4, 0.5) is 5.69 Å². The first-order valence-corrected chi connectivity index (χ1v) is 3.61. The number of hydrogen-bond acceptors (Lipinski definition) is 2. The molecule has 0 unspecified atom stereocenters. The van der Waals surface area contributed by atoms with Gasteiger partial charge in [0.2, 0.25) is 0 Å². The molecule has 1 rings (SSSR count). The SMILES string of the molecule is Nc1ccnc(Cl)c1CCl. The summed E-state index contributed by atoms with van der Waals surface area (Å²) in [6.45, 7) is 0. The van der Waals surface area contributed by atoms with Gasteiger partial charge in [-0.2, -0.15) is 0 Å². The van der Waals surface area contributed by atoms with E-state index >= 15 is 0 Å². The molecule has 0 saturated carbocycles. The Kier molecular flexibility index (Phi) is 2.35. The fraction of sp³-hybridized carbons (Fsp3) is 0.167. The van der Waals surface area contributed by atoms with Crippen molar-refractivity contribution in [3.63, 3.8) is 0 Å². The predicted octanol–water partition coefficient (Wildman–Crippen LogP) is 2.06. The van der Waals surface area contributed by atoms with Gasteiger partial charge in [-0.15, -0.1) is 11.6 Å². The molecule has 0 fully saturated rings. The van der Waals surface area contributed by atoms with E-state index in [1.807, 2.05) is 0 Å². The van der Waals surface area contributed by atoms with Gasteiger partial charge in [-0.05, 0) is 6.07 Å². The molecule has 54 valence electrons. The lowest BCUT2D eigenvalue weighted by atomic mass is 10.3. The maximum absolute atomic E-state index is 5.65. The van der Waals surface area contributed by atoms with E-state index in [-0.39, 0.29) is 0 Å². The van der Waals surface area contributed by atoms with Crippen molar-refractivity contribution in [3.8, 4) is 0 Å². The molecule has 1 aromatic rings. The third kappa shape index (κ3) is 1.33. The van der Waals surface area contributed by atoms with Crippen LogP contribution in [-0.2, 0) is 5.88 Å². The number of aromatic nitrogens is 1. The lowest BCUT2D eigenvalue weighted by molar-refractivity contribution is 1.25. The molecule has 0 atom stereocenters. The lowest BCUT2D eigenvalue weighted by Gasteiger charge is -2.00. The van der Waals surface area contributed by atoms with Crippen molar-refractivity contribution < 1.29 is 0 Å². The summed E-state index contributed by atoms with van der Waals surface area (Å²) in [4.78, 5) is 3.81. The van der Waals surface area contributed by atoms with Crippen molar-refractivity contribution in [2.45, 2.75) is 5.88 Å². The van der Waals surface area contributed by atoms with Crippen molar-refractivity contribution in [3.05, 3.63) is 23.0 Å². The summed E-state index contributed by atoms with van der Waals surface area (Å²) in [5, 5.41) is 0.384. The highest BCUT2D eigenvalue weighted by Gasteiger charge is 2.02. The molecule has 0 spiro atoms. The van der Waals surface area contributed by atoms with E-state index in [0.29, 0.717) is 22.3 Å². The first kappa shape index (κ1) is 7.63. The average Bonchev–Trinajstić information content (AvgIpc) is 1.88. The smallest absolute Gasteiger partial charge is 0.135 e. The summed E-state index contributed by atoms with van der Waals surface area (Å²) in [6, 6.07) is 1.67. The molecule has 10 heavy (non-hydrogen) atoms. The Morgan fingerprint density at radius 3 is 2.70 bits per heavy atom. The number of rotatable bonds is 1. The molecule has 2 N–H and O–H groups in total. The van der Waals surface area contributed by atoms with Crippen molar-refractivity contribution in [2.75, 3.05) is 5.73 Å². The molecule has 2 nitrogen and oxygen atoms in total. The summed E-state index contributed by atoms with van der Waals surface area (Å²) in [7, 11) is 0. The maximum atomic E-state index is 5.65. The van der Waals surface area contributed by atoms with E-state index in [1.165, 1.54) is 0 Å². The Morgan fingerprint density at radius 1 is 1.60 bits per heavy atom. The second-order valence-electron chi connectivity index (χ2n) is 1.80. The Bertz CT molecular complexity index is 217. The van der Waals surface area contributed by atoms with Gasteiger partial charge in [-0.25, -0.2) is 4.98 Å². The maximum Gasteiger partial charge on any atom is 0.135 e. The van der Waals surface area contributed by atoms with Gasteiger partial charge in [-0.1, -0.05) is 11.6 Å². The Balaban J connectivity index is 3.17. The number of hydrogen-bond donors (Lipinski definition) is 1. The standard InChI is InChI=1S/C6H6Cl2N2/c7-3-4-5(9)1-2-10-6(4)8/h1-2H,3H2,(H2,9,10). The van der Waals surface area contributed by atoms with E-state index in [2.05, 4.69) is 4.98 Å². The highest BCUT2D eigenvalue weighted by molar-refractivity contribution is 6.31. The number of alkyl halides is 1. The Hall–Kier alpha value is -0.470. The van der Waals surface area contributed by atoms with Gasteiger partial charge < -0.3 is 5.73 Å². The normalized spacial score (nSPS) is 9.80. The summed E-state index contributed by atoms with van der Waals surface area (Å²) >= 11 is 11.2. The fourth-order valence-electron chi connectivity index (χ4n) is 0.613.